The van der Waals surface area contributed by atoms with Crippen molar-refractivity contribution in [2.45, 2.75) is 20.0 Å². The molecule has 0 bridgehead atoms. The first-order valence-corrected chi connectivity index (χ1v) is 6.60. The Kier molecular flexibility index (Phi) is 4.35. The van der Waals surface area contributed by atoms with Crippen molar-refractivity contribution >= 4 is 22.6 Å². The number of likely N-dealkylation sites (N-methyl/N-ethyl adjacent to an activating group) is 1. The summed E-state index contributed by atoms with van der Waals surface area (Å²) in [6, 6.07) is 13.0. The van der Waals surface area contributed by atoms with Crippen molar-refractivity contribution in [3.63, 3.8) is 0 Å². The molecule has 0 saturated heterocycles. The smallest absolute Gasteiger partial charge is 0.339 e. The molecule has 1 N–H and O–H groups in total. The highest BCUT2D eigenvalue weighted by molar-refractivity contribution is 6.05. The summed E-state index contributed by atoms with van der Waals surface area (Å²) in [7, 11) is 0. The van der Waals surface area contributed by atoms with Gasteiger partial charge in [-0.3, -0.25) is 4.79 Å². The highest BCUT2D eigenvalue weighted by atomic mass is 16.5. The highest BCUT2D eigenvalue weighted by Crippen LogP contribution is 2.19. The Morgan fingerprint density at radius 3 is 2.60 bits per heavy atom. The Labute approximate surface area is 117 Å². The molecule has 4 heteroatoms. The number of ether oxygens (including phenoxy) is 1. The molecular weight excluding hydrogens is 254 g/mol. The van der Waals surface area contributed by atoms with Crippen molar-refractivity contribution in [1.82, 2.24) is 5.32 Å². The van der Waals surface area contributed by atoms with Gasteiger partial charge in [-0.1, -0.05) is 36.4 Å². The van der Waals surface area contributed by atoms with E-state index in [2.05, 4.69) is 5.32 Å². The minimum Gasteiger partial charge on any atom is -0.449 e. The summed E-state index contributed by atoms with van der Waals surface area (Å²) < 4.78 is 5.21. The Morgan fingerprint density at radius 2 is 1.85 bits per heavy atom. The van der Waals surface area contributed by atoms with Crippen molar-refractivity contribution in [3.05, 3.63) is 48.0 Å². The van der Waals surface area contributed by atoms with E-state index in [9.17, 15) is 9.59 Å². The van der Waals surface area contributed by atoms with Gasteiger partial charge in [0, 0.05) is 6.54 Å². The third-order valence-electron chi connectivity index (χ3n) is 3.01. The van der Waals surface area contributed by atoms with E-state index < -0.39 is 12.1 Å². The van der Waals surface area contributed by atoms with Crippen molar-refractivity contribution in [2.24, 2.45) is 0 Å². The average molecular weight is 271 g/mol. The van der Waals surface area contributed by atoms with Gasteiger partial charge in [0.1, 0.15) is 0 Å². The fourth-order valence-electron chi connectivity index (χ4n) is 2.00. The second kappa shape index (κ2) is 6.19. The minimum atomic E-state index is -0.804. The average Bonchev–Trinajstić information content (AvgIpc) is 2.46. The third-order valence-corrected chi connectivity index (χ3v) is 3.01. The van der Waals surface area contributed by atoms with Crippen LogP contribution >= 0.6 is 0 Å². The van der Waals surface area contributed by atoms with Gasteiger partial charge in [0.05, 0.1) is 5.56 Å². The zero-order valence-corrected chi connectivity index (χ0v) is 11.6. The van der Waals surface area contributed by atoms with Crippen LogP contribution in [-0.2, 0) is 9.53 Å². The van der Waals surface area contributed by atoms with E-state index in [-0.39, 0.29) is 5.91 Å². The quantitative estimate of drug-likeness (QED) is 0.869. The van der Waals surface area contributed by atoms with Gasteiger partial charge in [0.2, 0.25) is 0 Å². The topological polar surface area (TPSA) is 55.4 Å². The van der Waals surface area contributed by atoms with Gasteiger partial charge in [-0.25, -0.2) is 4.79 Å². The van der Waals surface area contributed by atoms with Crippen LogP contribution in [0.1, 0.15) is 24.2 Å². The SMILES string of the molecule is CCNC(=O)[C@H](C)OC(=O)c1cccc2ccccc12. The lowest BCUT2D eigenvalue weighted by atomic mass is 10.0. The van der Waals surface area contributed by atoms with E-state index in [1.807, 2.05) is 37.3 Å². The van der Waals surface area contributed by atoms with Gasteiger partial charge in [-0.05, 0) is 30.7 Å². The van der Waals surface area contributed by atoms with Crippen LogP contribution in [0, 0.1) is 0 Å². The number of benzene rings is 2. The Hall–Kier alpha value is -2.36. The van der Waals surface area contributed by atoms with Crippen LogP contribution in [-0.4, -0.2) is 24.5 Å². The van der Waals surface area contributed by atoms with Gasteiger partial charge >= 0.3 is 5.97 Å². The van der Waals surface area contributed by atoms with Crippen molar-refractivity contribution in [2.75, 3.05) is 6.54 Å². The number of hydrogen-bond donors (Lipinski definition) is 1. The molecule has 0 aliphatic heterocycles. The normalized spacial score (nSPS) is 11.9. The molecule has 2 aromatic rings. The van der Waals surface area contributed by atoms with Gasteiger partial charge in [-0.2, -0.15) is 0 Å². The number of fused-ring (bicyclic) bond motifs is 1. The number of amides is 1. The van der Waals surface area contributed by atoms with Crippen LogP contribution in [0.3, 0.4) is 0 Å². The van der Waals surface area contributed by atoms with E-state index in [0.29, 0.717) is 12.1 Å². The summed E-state index contributed by atoms with van der Waals surface area (Å²) in [5.74, 6) is -0.776. The molecule has 0 spiro atoms. The molecule has 0 fully saturated rings. The molecule has 0 aromatic heterocycles. The first-order chi connectivity index (χ1) is 9.63. The number of esters is 1. The molecule has 20 heavy (non-hydrogen) atoms. The zero-order valence-electron chi connectivity index (χ0n) is 11.6. The predicted octanol–water partition coefficient (Wildman–Crippen LogP) is 2.52. The molecular formula is C16H17NO3. The molecule has 1 atom stereocenters. The lowest BCUT2D eigenvalue weighted by Crippen LogP contribution is -2.35. The van der Waals surface area contributed by atoms with Crippen LogP contribution in [0.5, 0.6) is 0 Å². The largest absolute Gasteiger partial charge is 0.449 e. The molecule has 104 valence electrons. The molecule has 0 unspecified atom stereocenters. The summed E-state index contributed by atoms with van der Waals surface area (Å²) in [5, 5.41) is 4.41. The standard InChI is InChI=1S/C16H17NO3/c1-3-17-15(18)11(2)20-16(19)14-10-6-8-12-7-4-5-9-13(12)14/h4-11H,3H2,1-2H3,(H,17,18)/t11-/m0/s1. The summed E-state index contributed by atoms with van der Waals surface area (Å²) in [5.41, 5.74) is 0.472. The predicted molar refractivity (Wildman–Crippen MR) is 77.5 cm³/mol. The van der Waals surface area contributed by atoms with E-state index in [1.54, 1.807) is 19.1 Å². The summed E-state index contributed by atoms with van der Waals surface area (Å²) in [6.07, 6.45) is -0.804. The van der Waals surface area contributed by atoms with Crippen molar-refractivity contribution in [3.8, 4) is 0 Å². The molecule has 1 amide bonds. The molecule has 0 aliphatic rings. The molecule has 0 aliphatic carbocycles. The van der Waals surface area contributed by atoms with E-state index >= 15 is 0 Å². The number of rotatable bonds is 4. The van der Waals surface area contributed by atoms with Gasteiger partial charge in [0.15, 0.2) is 6.10 Å². The second-order valence-electron chi connectivity index (χ2n) is 4.47. The van der Waals surface area contributed by atoms with Crippen molar-refractivity contribution < 1.29 is 14.3 Å². The summed E-state index contributed by atoms with van der Waals surface area (Å²) >= 11 is 0. The Bertz CT molecular complexity index is 631. The maximum Gasteiger partial charge on any atom is 0.339 e. The molecule has 2 rings (SSSR count). The molecule has 4 nitrogen and oxygen atoms in total. The Balaban J connectivity index is 2.22. The van der Waals surface area contributed by atoms with Crippen LogP contribution < -0.4 is 5.32 Å². The summed E-state index contributed by atoms with van der Waals surface area (Å²) in [6.45, 7) is 3.89. The third kappa shape index (κ3) is 2.96. The lowest BCUT2D eigenvalue weighted by Gasteiger charge is -2.13. The van der Waals surface area contributed by atoms with Crippen LogP contribution in [0.2, 0.25) is 0 Å². The molecule has 0 heterocycles. The van der Waals surface area contributed by atoms with Crippen LogP contribution in [0.15, 0.2) is 42.5 Å². The van der Waals surface area contributed by atoms with E-state index in [4.69, 9.17) is 4.74 Å². The lowest BCUT2D eigenvalue weighted by molar-refractivity contribution is -0.128. The molecule has 0 radical (unpaired) electrons. The van der Waals surface area contributed by atoms with Gasteiger partial charge in [-0.15, -0.1) is 0 Å². The van der Waals surface area contributed by atoms with Crippen LogP contribution in [0.4, 0.5) is 0 Å². The first kappa shape index (κ1) is 14.1. The minimum absolute atomic E-state index is 0.291. The number of carbonyl (C=O) groups is 2. The highest BCUT2D eigenvalue weighted by Gasteiger charge is 2.19. The number of carbonyl (C=O) groups excluding carboxylic acids is 2. The number of nitrogens with one attached hydrogen (secondary N) is 1. The molecule has 2 aromatic carbocycles. The monoisotopic (exact) mass is 271 g/mol. The van der Waals surface area contributed by atoms with E-state index in [0.717, 1.165) is 10.8 Å². The summed E-state index contributed by atoms with van der Waals surface area (Å²) in [4.78, 5) is 23.8. The fourth-order valence-corrected chi connectivity index (χ4v) is 2.00. The Morgan fingerprint density at radius 1 is 1.15 bits per heavy atom. The molecule has 0 saturated carbocycles. The van der Waals surface area contributed by atoms with E-state index in [1.165, 1.54) is 0 Å². The van der Waals surface area contributed by atoms with Crippen LogP contribution in [0.25, 0.3) is 10.8 Å². The second-order valence-corrected chi connectivity index (χ2v) is 4.47. The number of hydrogen-bond acceptors (Lipinski definition) is 3. The van der Waals surface area contributed by atoms with Crippen molar-refractivity contribution in [1.29, 1.82) is 0 Å². The fraction of sp³-hybridized carbons (Fsp3) is 0.250. The maximum absolute atomic E-state index is 12.2. The first-order valence-electron chi connectivity index (χ1n) is 6.60. The maximum atomic E-state index is 12.2. The van der Waals surface area contributed by atoms with Gasteiger partial charge < -0.3 is 10.1 Å². The van der Waals surface area contributed by atoms with Gasteiger partial charge in [0.25, 0.3) is 5.91 Å². The zero-order chi connectivity index (χ0) is 14.5.